The molecular formula is C21H19N3O3S. The first-order chi connectivity index (χ1) is 13.5. The standard InChI is InChI=1S/C21H19N3O3S/c1-3-15(18(22)25)24-19(13-7-4-6-12(2)10-13)23-20-17(21(24)26)14(11-28-20)16-8-5-9-27-16/h4-11,15H,3H2,1-2H3,(H2,22,25). The zero-order valence-electron chi connectivity index (χ0n) is 15.5. The van der Waals surface area contributed by atoms with Gasteiger partial charge in [0, 0.05) is 16.5 Å². The second kappa shape index (κ2) is 7.09. The molecule has 1 unspecified atom stereocenters. The van der Waals surface area contributed by atoms with Crippen LogP contribution in [0.5, 0.6) is 0 Å². The number of fused-ring (bicyclic) bond motifs is 1. The maximum Gasteiger partial charge on any atom is 0.264 e. The summed E-state index contributed by atoms with van der Waals surface area (Å²) in [7, 11) is 0. The zero-order valence-corrected chi connectivity index (χ0v) is 16.3. The summed E-state index contributed by atoms with van der Waals surface area (Å²) in [5.74, 6) is 0.473. The molecule has 28 heavy (non-hydrogen) atoms. The number of nitrogens with two attached hydrogens (primary N) is 1. The van der Waals surface area contributed by atoms with Crippen LogP contribution in [0, 0.1) is 6.92 Å². The van der Waals surface area contributed by atoms with Gasteiger partial charge in [0.25, 0.3) is 5.56 Å². The minimum atomic E-state index is -0.788. The highest BCUT2D eigenvalue weighted by molar-refractivity contribution is 7.17. The lowest BCUT2D eigenvalue weighted by Gasteiger charge is -2.19. The molecule has 1 aromatic carbocycles. The Bertz CT molecular complexity index is 1220. The van der Waals surface area contributed by atoms with E-state index in [0.717, 1.165) is 11.1 Å². The molecular weight excluding hydrogens is 374 g/mol. The van der Waals surface area contributed by atoms with E-state index in [1.807, 2.05) is 43.5 Å². The van der Waals surface area contributed by atoms with Crippen molar-refractivity contribution >= 4 is 27.5 Å². The Balaban J connectivity index is 2.09. The van der Waals surface area contributed by atoms with Crippen molar-refractivity contribution < 1.29 is 9.21 Å². The van der Waals surface area contributed by atoms with E-state index in [1.54, 1.807) is 18.4 Å². The highest BCUT2D eigenvalue weighted by atomic mass is 32.1. The summed E-state index contributed by atoms with van der Waals surface area (Å²) in [6.07, 6.45) is 1.95. The van der Waals surface area contributed by atoms with Crippen LogP contribution in [0.1, 0.15) is 24.9 Å². The number of rotatable bonds is 5. The number of thiophene rings is 1. The van der Waals surface area contributed by atoms with Crippen molar-refractivity contribution in [1.29, 1.82) is 0 Å². The summed E-state index contributed by atoms with van der Waals surface area (Å²) in [6.45, 7) is 3.79. The number of hydrogen-bond donors (Lipinski definition) is 1. The molecule has 0 saturated carbocycles. The monoisotopic (exact) mass is 393 g/mol. The van der Waals surface area contributed by atoms with Gasteiger partial charge < -0.3 is 10.2 Å². The fraction of sp³-hybridized carbons (Fsp3) is 0.190. The van der Waals surface area contributed by atoms with Crippen molar-refractivity contribution in [3.05, 3.63) is 64.0 Å². The molecule has 7 heteroatoms. The molecule has 1 atom stereocenters. The molecule has 0 aliphatic carbocycles. The quantitative estimate of drug-likeness (QED) is 0.552. The van der Waals surface area contributed by atoms with Crippen LogP contribution in [0.3, 0.4) is 0 Å². The van der Waals surface area contributed by atoms with E-state index >= 15 is 0 Å². The number of hydrogen-bond acceptors (Lipinski definition) is 5. The number of furan rings is 1. The van der Waals surface area contributed by atoms with Crippen molar-refractivity contribution in [2.24, 2.45) is 5.73 Å². The van der Waals surface area contributed by atoms with E-state index in [1.165, 1.54) is 15.9 Å². The van der Waals surface area contributed by atoms with Crippen LogP contribution in [0.25, 0.3) is 32.9 Å². The summed E-state index contributed by atoms with van der Waals surface area (Å²) in [5.41, 5.74) is 7.82. The largest absolute Gasteiger partial charge is 0.464 e. The highest BCUT2D eigenvalue weighted by Gasteiger charge is 2.25. The van der Waals surface area contributed by atoms with Crippen LogP contribution in [0.4, 0.5) is 0 Å². The van der Waals surface area contributed by atoms with Gasteiger partial charge in [0.05, 0.1) is 11.6 Å². The second-order valence-electron chi connectivity index (χ2n) is 6.61. The van der Waals surface area contributed by atoms with Gasteiger partial charge in [0.2, 0.25) is 5.91 Å². The van der Waals surface area contributed by atoms with Gasteiger partial charge in [-0.15, -0.1) is 11.3 Å². The third kappa shape index (κ3) is 2.93. The molecule has 0 aliphatic rings. The maximum absolute atomic E-state index is 13.6. The lowest BCUT2D eigenvalue weighted by molar-refractivity contribution is -0.121. The van der Waals surface area contributed by atoms with E-state index in [0.29, 0.717) is 33.8 Å². The van der Waals surface area contributed by atoms with Crippen molar-refractivity contribution in [3.63, 3.8) is 0 Å². The topological polar surface area (TPSA) is 91.1 Å². The lowest BCUT2D eigenvalue weighted by Crippen LogP contribution is -2.35. The molecule has 0 fully saturated rings. The fourth-order valence-corrected chi connectivity index (χ4v) is 4.32. The zero-order chi connectivity index (χ0) is 19.8. The van der Waals surface area contributed by atoms with Crippen molar-refractivity contribution in [2.45, 2.75) is 26.3 Å². The van der Waals surface area contributed by atoms with Crippen molar-refractivity contribution in [3.8, 4) is 22.7 Å². The number of primary amides is 1. The first-order valence-electron chi connectivity index (χ1n) is 8.95. The molecule has 0 spiro atoms. The minimum Gasteiger partial charge on any atom is -0.464 e. The van der Waals surface area contributed by atoms with Gasteiger partial charge in [-0.1, -0.05) is 30.7 Å². The Hall–Kier alpha value is -3.19. The number of carbonyl (C=O) groups excluding carboxylic acids is 1. The summed E-state index contributed by atoms with van der Waals surface area (Å²) >= 11 is 1.38. The number of nitrogens with zero attached hydrogens (tertiary/aromatic N) is 2. The average molecular weight is 393 g/mol. The van der Waals surface area contributed by atoms with Gasteiger partial charge in [0.1, 0.15) is 22.5 Å². The van der Waals surface area contributed by atoms with Crippen LogP contribution in [-0.2, 0) is 4.79 Å². The second-order valence-corrected chi connectivity index (χ2v) is 7.47. The van der Waals surface area contributed by atoms with Gasteiger partial charge in [-0.25, -0.2) is 4.98 Å². The molecule has 0 bridgehead atoms. The molecule has 0 radical (unpaired) electrons. The van der Waals surface area contributed by atoms with Crippen LogP contribution < -0.4 is 11.3 Å². The Morgan fingerprint density at radius 2 is 2.14 bits per heavy atom. The molecule has 4 rings (SSSR count). The summed E-state index contributed by atoms with van der Waals surface area (Å²) in [5, 5.41) is 2.30. The molecule has 0 aliphatic heterocycles. The third-order valence-electron chi connectivity index (χ3n) is 4.73. The van der Waals surface area contributed by atoms with Gasteiger partial charge in [0.15, 0.2) is 0 Å². The Kier molecular flexibility index (Phi) is 4.60. The van der Waals surface area contributed by atoms with E-state index < -0.39 is 11.9 Å². The number of aromatic nitrogens is 2. The molecule has 3 aromatic heterocycles. The molecule has 6 nitrogen and oxygen atoms in total. The number of carbonyl (C=O) groups is 1. The van der Waals surface area contributed by atoms with Crippen molar-refractivity contribution in [2.75, 3.05) is 0 Å². The molecule has 142 valence electrons. The minimum absolute atomic E-state index is 0.292. The SMILES string of the molecule is CCC(C(N)=O)n1c(-c2cccc(C)c2)nc2scc(-c3ccco3)c2c1=O. The Morgan fingerprint density at radius 3 is 2.79 bits per heavy atom. The molecule has 4 aromatic rings. The number of benzene rings is 1. The Labute approximate surface area is 165 Å². The highest BCUT2D eigenvalue weighted by Crippen LogP contribution is 2.33. The lowest BCUT2D eigenvalue weighted by atomic mass is 10.1. The fourth-order valence-electron chi connectivity index (χ4n) is 3.40. The van der Waals surface area contributed by atoms with Gasteiger partial charge in [-0.2, -0.15) is 0 Å². The number of amides is 1. The molecule has 3 heterocycles. The molecule has 2 N–H and O–H groups in total. The summed E-state index contributed by atoms with van der Waals surface area (Å²) in [4.78, 5) is 31.1. The average Bonchev–Trinajstić information content (AvgIpc) is 3.33. The van der Waals surface area contributed by atoms with Gasteiger partial charge in [-0.3, -0.25) is 14.2 Å². The van der Waals surface area contributed by atoms with Crippen LogP contribution in [0.15, 0.2) is 57.3 Å². The van der Waals surface area contributed by atoms with Gasteiger partial charge in [-0.05, 0) is 31.5 Å². The summed E-state index contributed by atoms with van der Waals surface area (Å²) in [6, 6.07) is 10.5. The third-order valence-corrected chi connectivity index (χ3v) is 5.60. The van der Waals surface area contributed by atoms with Crippen LogP contribution >= 0.6 is 11.3 Å². The van der Waals surface area contributed by atoms with E-state index in [-0.39, 0.29) is 5.56 Å². The van der Waals surface area contributed by atoms with E-state index in [2.05, 4.69) is 0 Å². The molecule has 1 amide bonds. The number of aryl methyl sites for hydroxylation is 1. The predicted octanol–water partition coefficient (Wildman–Crippen LogP) is 4.13. The first kappa shape index (κ1) is 18.2. The van der Waals surface area contributed by atoms with E-state index in [9.17, 15) is 9.59 Å². The van der Waals surface area contributed by atoms with Crippen LogP contribution in [-0.4, -0.2) is 15.5 Å². The van der Waals surface area contributed by atoms with Crippen LogP contribution in [0.2, 0.25) is 0 Å². The first-order valence-corrected chi connectivity index (χ1v) is 9.83. The van der Waals surface area contributed by atoms with E-state index in [4.69, 9.17) is 15.1 Å². The van der Waals surface area contributed by atoms with Crippen molar-refractivity contribution in [1.82, 2.24) is 9.55 Å². The predicted molar refractivity (Wildman–Crippen MR) is 110 cm³/mol. The van der Waals surface area contributed by atoms with Gasteiger partial charge >= 0.3 is 0 Å². The molecule has 0 saturated heterocycles. The normalized spacial score (nSPS) is 12.4. The maximum atomic E-state index is 13.6. The Morgan fingerprint density at radius 1 is 1.32 bits per heavy atom. The smallest absolute Gasteiger partial charge is 0.264 e. The summed E-state index contributed by atoms with van der Waals surface area (Å²) < 4.78 is 6.91.